The molecule has 0 aliphatic carbocycles. The van der Waals surface area contributed by atoms with E-state index in [0.29, 0.717) is 5.02 Å². The summed E-state index contributed by atoms with van der Waals surface area (Å²) >= 11 is 6.12. The molecule has 20 heavy (non-hydrogen) atoms. The molecule has 0 amide bonds. The van der Waals surface area contributed by atoms with Gasteiger partial charge in [0.25, 0.3) is 0 Å². The van der Waals surface area contributed by atoms with E-state index in [1.807, 2.05) is 37.4 Å². The van der Waals surface area contributed by atoms with Crippen molar-refractivity contribution in [2.75, 3.05) is 0 Å². The minimum Gasteiger partial charge on any atom is -0.240 e. The minimum absolute atomic E-state index is 0.256. The molecule has 100 valence electrons. The molecule has 0 aliphatic rings. The van der Waals surface area contributed by atoms with E-state index >= 15 is 0 Å². The summed E-state index contributed by atoms with van der Waals surface area (Å²) in [4.78, 5) is 0. The lowest BCUT2D eigenvalue weighted by Gasteiger charge is -2.03. The van der Waals surface area contributed by atoms with E-state index in [4.69, 9.17) is 11.6 Å². The molecule has 3 rings (SSSR count). The van der Waals surface area contributed by atoms with Gasteiger partial charge in [-0.05, 0) is 42.3 Å². The zero-order chi connectivity index (χ0) is 14.1. The molecule has 0 spiro atoms. The number of aromatic nitrogens is 2. The van der Waals surface area contributed by atoms with Crippen molar-refractivity contribution in [1.29, 1.82) is 0 Å². The molecule has 0 unspecified atom stereocenters. The van der Waals surface area contributed by atoms with Crippen molar-refractivity contribution in [3.8, 4) is 16.8 Å². The van der Waals surface area contributed by atoms with Gasteiger partial charge in [-0.3, -0.25) is 0 Å². The second-order valence-corrected chi connectivity index (χ2v) is 5.02. The van der Waals surface area contributed by atoms with Crippen LogP contribution in [0.15, 0.2) is 54.9 Å². The highest BCUT2D eigenvalue weighted by molar-refractivity contribution is 6.31. The summed E-state index contributed by atoms with van der Waals surface area (Å²) in [6.45, 7) is 1.95. The minimum atomic E-state index is -0.256. The highest BCUT2D eigenvalue weighted by Gasteiger charge is 2.05. The van der Waals surface area contributed by atoms with Gasteiger partial charge >= 0.3 is 0 Å². The maximum Gasteiger partial charge on any atom is 0.123 e. The molecule has 3 aromatic rings. The van der Waals surface area contributed by atoms with Gasteiger partial charge in [0.05, 0.1) is 11.9 Å². The number of nitrogens with zero attached hydrogens (tertiary/aromatic N) is 2. The van der Waals surface area contributed by atoms with Crippen molar-refractivity contribution in [2.45, 2.75) is 6.92 Å². The Kier molecular flexibility index (Phi) is 3.28. The van der Waals surface area contributed by atoms with Gasteiger partial charge in [-0.1, -0.05) is 29.8 Å². The number of hydrogen-bond acceptors (Lipinski definition) is 1. The van der Waals surface area contributed by atoms with Crippen molar-refractivity contribution in [3.05, 3.63) is 71.3 Å². The van der Waals surface area contributed by atoms with Gasteiger partial charge in [0.15, 0.2) is 0 Å². The van der Waals surface area contributed by atoms with Crippen LogP contribution in [-0.2, 0) is 0 Å². The van der Waals surface area contributed by atoms with E-state index in [1.54, 1.807) is 16.9 Å². The number of hydrogen-bond donors (Lipinski definition) is 0. The van der Waals surface area contributed by atoms with E-state index in [9.17, 15) is 4.39 Å². The zero-order valence-electron chi connectivity index (χ0n) is 10.8. The molecule has 2 nitrogen and oxygen atoms in total. The molecule has 0 N–H and O–H groups in total. The maximum atomic E-state index is 13.2. The average molecular weight is 287 g/mol. The van der Waals surface area contributed by atoms with Crippen LogP contribution in [0.5, 0.6) is 0 Å². The summed E-state index contributed by atoms with van der Waals surface area (Å²) in [6, 6.07) is 12.2. The monoisotopic (exact) mass is 286 g/mol. The van der Waals surface area contributed by atoms with Gasteiger partial charge < -0.3 is 0 Å². The van der Waals surface area contributed by atoms with Crippen LogP contribution in [0.1, 0.15) is 5.56 Å². The van der Waals surface area contributed by atoms with Crippen LogP contribution in [0.4, 0.5) is 4.39 Å². The average Bonchev–Trinajstić information content (AvgIpc) is 2.92. The molecule has 0 aliphatic heterocycles. The van der Waals surface area contributed by atoms with Crippen LogP contribution in [-0.4, -0.2) is 9.78 Å². The van der Waals surface area contributed by atoms with Crippen LogP contribution >= 0.6 is 11.6 Å². The third-order valence-electron chi connectivity index (χ3n) is 3.16. The van der Waals surface area contributed by atoms with Crippen molar-refractivity contribution in [1.82, 2.24) is 9.78 Å². The van der Waals surface area contributed by atoms with Gasteiger partial charge in [0, 0.05) is 16.8 Å². The molecule has 4 heteroatoms. The fraction of sp³-hybridized carbons (Fsp3) is 0.0625. The van der Waals surface area contributed by atoms with Crippen LogP contribution in [0.3, 0.4) is 0 Å². The molecule has 0 radical (unpaired) electrons. The first-order valence-corrected chi connectivity index (χ1v) is 6.58. The third kappa shape index (κ3) is 2.45. The van der Waals surface area contributed by atoms with E-state index in [0.717, 1.165) is 22.4 Å². The van der Waals surface area contributed by atoms with Gasteiger partial charge in [-0.25, -0.2) is 9.07 Å². The predicted molar refractivity (Wildman–Crippen MR) is 78.7 cm³/mol. The largest absolute Gasteiger partial charge is 0.240 e. The van der Waals surface area contributed by atoms with E-state index < -0.39 is 0 Å². The highest BCUT2D eigenvalue weighted by atomic mass is 35.5. The van der Waals surface area contributed by atoms with Gasteiger partial charge in [-0.15, -0.1) is 0 Å². The molecular formula is C16H12ClFN2. The van der Waals surface area contributed by atoms with E-state index in [2.05, 4.69) is 5.10 Å². The number of rotatable bonds is 2. The summed E-state index contributed by atoms with van der Waals surface area (Å²) in [6.07, 6.45) is 3.57. The summed E-state index contributed by atoms with van der Waals surface area (Å²) in [5, 5.41) is 5.00. The Bertz CT molecular complexity index is 765. The Hall–Kier alpha value is -2.13. The molecule has 1 aromatic heterocycles. The fourth-order valence-corrected chi connectivity index (χ4v) is 2.18. The highest BCUT2D eigenvalue weighted by Crippen LogP contribution is 2.23. The smallest absolute Gasteiger partial charge is 0.123 e. The van der Waals surface area contributed by atoms with Gasteiger partial charge in [0.1, 0.15) is 5.82 Å². The fourth-order valence-electron chi connectivity index (χ4n) is 2.01. The van der Waals surface area contributed by atoms with Crippen molar-refractivity contribution < 1.29 is 4.39 Å². The third-order valence-corrected chi connectivity index (χ3v) is 3.57. The van der Waals surface area contributed by atoms with Crippen LogP contribution in [0, 0.1) is 12.7 Å². The van der Waals surface area contributed by atoms with E-state index in [-0.39, 0.29) is 5.82 Å². The van der Waals surface area contributed by atoms with Gasteiger partial charge in [-0.2, -0.15) is 5.10 Å². The van der Waals surface area contributed by atoms with Crippen LogP contribution in [0.25, 0.3) is 16.8 Å². The quantitative estimate of drug-likeness (QED) is 0.671. The van der Waals surface area contributed by atoms with Crippen molar-refractivity contribution >= 4 is 11.6 Å². The Balaban J connectivity index is 1.99. The maximum absolute atomic E-state index is 13.2. The SMILES string of the molecule is Cc1ccc(-n2cc(-c3cccc(F)c3)cn2)cc1Cl. The van der Waals surface area contributed by atoms with Crippen LogP contribution in [0.2, 0.25) is 5.02 Å². The lowest BCUT2D eigenvalue weighted by Crippen LogP contribution is -1.94. The second kappa shape index (κ2) is 5.10. The lowest BCUT2D eigenvalue weighted by atomic mass is 10.1. The molecule has 2 aromatic carbocycles. The summed E-state index contributed by atoms with van der Waals surface area (Å²) in [5.41, 5.74) is 3.56. The molecule has 0 saturated carbocycles. The molecule has 0 saturated heterocycles. The number of benzene rings is 2. The number of aryl methyl sites for hydroxylation is 1. The Morgan fingerprint density at radius 2 is 1.95 bits per heavy atom. The van der Waals surface area contributed by atoms with Crippen LogP contribution < -0.4 is 0 Å². The second-order valence-electron chi connectivity index (χ2n) is 4.62. The Morgan fingerprint density at radius 1 is 1.10 bits per heavy atom. The standard InChI is InChI=1S/C16H12ClFN2/c1-11-5-6-15(8-16(11)17)20-10-13(9-19-20)12-3-2-4-14(18)7-12/h2-10H,1H3. The summed E-state index contributed by atoms with van der Waals surface area (Å²) in [7, 11) is 0. The summed E-state index contributed by atoms with van der Waals surface area (Å²) in [5.74, 6) is -0.256. The molecule has 1 heterocycles. The molecular weight excluding hydrogens is 275 g/mol. The Morgan fingerprint density at radius 3 is 2.70 bits per heavy atom. The molecule has 0 atom stereocenters. The first-order valence-electron chi connectivity index (χ1n) is 6.20. The predicted octanol–water partition coefficient (Wildman–Crippen LogP) is 4.64. The molecule has 0 bridgehead atoms. The first kappa shape index (κ1) is 12.9. The Labute approximate surface area is 121 Å². The first-order chi connectivity index (χ1) is 9.63. The zero-order valence-corrected chi connectivity index (χ0v) is 11.6. The topological polar surface area (TPSA) is 17.8 Å². The number of halogens is 2. The summed E-state index contributed by atoms with van der Waals surface area (Å²) < 4.78 is 15.0. The lowest BCUT2D eigenvalue weighted by molar-refractivity contribution is 0.628. The van der Waals surface area contributed by atoms with E-state index in [1.165, 1.54) is 12.1 Å². The molecule has 0 fully saturated rings. The normalized spacial score (nSPS) is 10.8. The van der Waals surface area contributed by atoms with Crippen molar-refractivity contribution in [3.63, 3.8) is 0 Å². The van der Waals surface area contributed by atoms with Crippen molar-refractivity contribution in [2.24, 2.45) is 0 Å². The van der Waals surface area contributed by atoms with Gasteiger partial charge in [0.2, 0.25) is 0 Å².